The van der Waals surface area contributed by atoms with Gasteiger partial charge in [0.25, 0.3) is 0 Å². The molecule has 0 heterocycles. The fraction of sp³-hybridized carbons (Fsp3) is 0.455. The number of nitrogens with one attached hydrogen (secondary N) is 2. The monoisotopic (exact) mass is 462 g/mol. The van der Waals surface area contributed by atoms with Crippen molar-refractivity contribution in [3.63, 3.8) is 0 Å². The molecule has 6 nitrogen and oxygen atoms in total. The van der Waals surface area contributed by atoms with E-state index in [2.05, 4.69) is 41.3 Å². The van der Waals surface area contributed by atoms with Crippen LogP contribution in [0, 0.1) is 6.92 Å². The van der Waals surface area contributed by atoms with E-state index in [0.717, 1.165) is 11.8 Å². The first kappa shape index (κ1) is 19.0. The van der Waals surface area contributed by atoms with Crippen LogP contribution < -0.4 is 9.44 Å². The minimum absolute atomic E-state index is 0.135. The van der Waals surface area contributed by atoms with Crippen molar-refractivity contribution in [3.05, 3.63) is 26.6 Å². The molecule has 0 radical (unpaired) electrons. The first-order valence-corrected chi connectivity index (χ1v) is 10.9. The lowest BCUT2D eigenvalue weighted by atomic mass is 10.2. The van der Waals surface area contributed by atoms with Gasteiger partial charge in [-0.2, -0.15) is 0 Å². The third-order valence-corrected chi connectivity index (χ3v) is 6.51. The largest absolute Gasteiger partial charge is 0.241 e. The summed E-state index contributed by atoms with van der Waals surface area (Å²) in [5.41, 5.74) is 0.915. The molecule has 1 rings (SSSR count). The van der Waals surface area contributed by atoms with Crippen LogP contribution in [-0.2, 0) is 20.0 Å². The molecule has 0 aliphatic carbocycles. The van der Waals surface area contributed by atoms with Gasteiger partial charge >= 0.3 is 0 Å². The van der Waals surface area contributed by atoms with Gasteiger partial charge in [0.1, 0.15) is 0 Å². The zero-order valence-electron chi connectivity index (χ0n) is 11.5. The molecule has 120 valence electrons. The summed E-state index contributed by atoms with van der Waals surface area (Å²) in [5, 5.41) is 0. The van der Waals surface area contributed by atoms with Gasteiger partial charge in [-0.25, -0.2) is 26.3 Å². The summed E-state index contributed by atoms with van der Waals surface area (Å²) in [4.78, 5) is 0.135. The fourth-order valence-electron chi connectivity index (χ4n) is 1.46. The lowest BCUT2D eigenvalue weighted by Gasteiger charge is -2.10. The summed E-state index contributed by atoms with van der Waals surface area (Å²) >= 11 is 6.53. The van der Waals surface area contributed by atoms with Crippen LogP contribution in [0.4, 0.5) is 0 Å². The predicted octanol–water partition coefficient (Wildman–Crippen LogP) is 1.74. The average molecular weight is 464 g/mol. The summed E-state index contributed by atoms with van der Waals surface area (Å²) in [6.45, 7) is 2.18. The van der Waals surface area contributed by atoms with Crippen LogP contribution in [0.15, 0.2) is 26.0 Å². The lowest BCUT2D eigenvalue weighted by molar-refractivity contribution is 0.574. The second-order valence-corrected chi connectivity index (χ2v) is 9.73. The Morgan fingerprint density at radius 3 is 2.14 bits per heavy atom. The van der Waals surface area contributed by atoms with Gasteiger partial charge in [-0.3, -0.25) is 0 Å². The molecule has 21 heavy (non-hydrogen) atoms. The minimum atomic E-state index is -3.65. The number of sulfonamides is 2. The maximum atomic E-state index is 12.2. The van der Waals surface area contributed by atoms with E-state index in [1.165, 1.54) is 6.07 Å². The summed E-state index contributed by atoms with van der Waals surface area (Å²) in [6, 6.07) is 3.24. The van der Waals surface area contributed by atoms with E-state index in [-0.39, 0.29) is 18.0 Å². The van der Waals surface area contributed by atoms with Crippen molar-refractivity contribution in [1.29, 1.82) is 0 Å². The van der Waals surface area contributed by atoms with E-state index in [1.807, 2.05) is 6.92 Å². The summed E-state index contributed by atoms with van der Waals surface area (Å²) in [7, 11) is -6.90. The lowest BCUT2D eigenvalue weighted by Crippen LogP contribution is -2.29. The first-order valence-electron chi connectivity index (χ1n) is 5.93. The standard InChI is InChI=1S/C11H16Br2N2O4S2/c1-8-6-10(13)11(7-9(8)12)21(18,19)15-5-3-4-14-20(2,16)17/h6-7,14-15H,3-5H2,1-2H3. The molecular formula is C11H16Br2N2O4S2. The van der Waals surface area contributed by atoms with Crippen LogP contribution in [0.2, 0.25) is 0 Å². The van der Waals surface area contributed by atoms with Crippen molar-refractivity contribution >= 4 is 51.9 Å². The highest BCUT2D eigenvalue weighted by atomic mass is 79.9. The van der Waals surface area contributed by atoms with Gasteiger partial charge in [0, 0.05) is 22.0 Å². The van der Waals surface area contributed by atoms with Gasteiger partial charge in [0.2, 0.25) is 20.0 Å². The zero-order valence-corrected chi connectivity index (χ0v) is 16.3. The normalized spacial score (nSPS) is 12.6. The molecule has 0 saturated heterocycles. The van der Waals surface area contributed by atoms with E-state index in [0.29, 0.717) is 15.4 Å². The van der Waals surface area contributed by atoms with Crippen molar-refractivity contribution < 1.29 is 16.8 Å². The second-order valence-electron chi connectivity index (χ2n) is 4.45. The van der Waals surface area contributed by atoms with Crippen LogP contribution in [-0.4, -0.2) is 36.2 Å². The quantitative estimate of drug-likeness (QED) is 0.602. The average Bonchev–Trinajstić information content (AvgIpc) is 2.31. The number of hydrogen-bond donors (Lipinski definition) is 2. The molecule has 0 atom stereocenters. The van der Waals surface area contributed by atoms with Crippen LogP contribution >= 0.6 is 31.9 Å². The van der Waals surface area contributed by atoms with Crippen molar-refractivity contribution in [2.75, 3.05) is 19.3 Å². The van der Waals surface area contributed by atoms with Gasteiger partial charge in [0.15, 0.2) is 0 Å². The van der Waals surface area contributed by atoms with Crippen LogP contribution in [0.25, 0.3) is 0 Å². The smallest absolute Gasteiger partial charge is 0.215 e. The topological polar surface area (TPSA) is 92.3 Å². The molecule has 0 unspecified atom stereocenters. The molecule has 0 bridgehead atoms. The number of benzene rings is 1. The Balaban J connectivity index is 2.68. The predicted molar refractivity (Wildman–Crippen MR) is 89.2 cm³/mol. The van der Waals surface area contributed by atoms with Crippen molar-refractivity contribution in [1.82, 2.24) is 9.44 Å². The molecule has 0 aliphatic heterocycles. The SMILES string of the molecule is Cc1cc(Br)c(S(=O)(=O)NCCCNS(C)(=O)=O)cc1Br. The van der Waals surface area contributed by atoms with E-state index >= 15 is 0 Å². The van der Waals surface area contributed by atoms with Crippen molar-refractivity contribution in [2.24, 2.45) is 0 Å². The molecule has 0 fully saturated rings. The molecule has 0 aromatic heterocycles. The van der Waals surface area contributed by atoms with E-state index in [9.17, 15) is 16.8 Å². The van der Waals surface area contributed by atoms with Crippen LogP contribution in [0.5, 0.6) is 0 Å². The Morgan fingerprint density at radius 1 is 1.00 bits per heavy atom. The summed E-state index contributed by atoms with van der Waals surface area (Å²) in [6.07, 6.45) is 1.41. The number of halogens is 2. The highest BCUT2D eigenvalue weighted by Crippen LogP contribution is 2.28. The molecule has 0 aliphatic rings. The Labute approximate surface area is 142 Å². The maximum absolute atomic E-state index is 12.2. The minimum Gasteiger partial charge on any atom is -0.215 e. The molecule has 0 amide bonds. The van der Waals surface area contributed by atoms with Gasteiger partial charge < -0.3 is 0 Å². The number of rotatable bonds is 7. The Hall–Kier alpha value is -0.000000000000000167. The summed E-state index contributed by atoms with van der Waals surface area (Å²) in [5.74, 6) is 0. The fourth-order valence-corrected chi connectivity index (χ4v) is 4.73. The highest BCUT2D eigenvalue weighted by molar-refractivity contribution is 9.11. The molecule has 0 saturated carbocycles. The number of hydrogen-bond acceptors (Lipinski definition) is 4. The third-order valence-electron chi connectivity index (χ3n) is 2.51. The van der Waals surface area contributed by atoms with E-state index in [4.69, 9.17) is 0 Å². The highest BCUT2D eigenvalue weighted by Gasteiger charge is 2.18. The second kappa shape index (κ2) is 7.51. The van der Waals surface area contributed by atoms with Crippen molar-refractivity contribution in [3.8, 4) is 0 Å². The van der Waals surface area contributed by atoms with Gasteiger partial charge in [-0.05, 0) is 47.0 Å². The molecule has 2 N–H and O–H groups in total. The van der Waals surface area contributed by atoms with Crippen LogP contribution in [0.3, 0.4) is 0 Å². The maximum Gasteiger partial charge on any atom is 0.241 e. The first-order chi connectivity index (χ1) is 9.53. The van der Waals surface area contributed by atoms with Gasteiger partial charge in [-0.15, -0.1) is 0 Å². The van der Waals surface area contributed by atoms with Gasteiger partial charge in [0.05, 0.1) is 11.2 Å². The van der Waals surface area contributed by atoms with Gasteiger partial charge in [-0.1, -0.05) is 15.9 Å². The molecule has 0 spiro atoms. The Kier molecular flexibility index (Phi) is 6.81. The van der Waals surface area contributed by atoms with Crippen molar-refractivity contribution in [2.45, 2.75) is 18.2 Å². The molecular weight excluding hydrogens is 448 g/mol. The Morgan fingerprint density at radius 2 is 1.57 bits per heavy atom. The molecule has 1 aromatic carbocycles. The molecule has 10 heteroatoms. The molecule has 1 aromatic rings. The van der Waals surface area contributed by atoms with E-state index < -0.39 is 20.0 Å². The third kappa shape index (κ3) is 6.33. The van der Waals surface area contributed by atoms with E-state index in [1.54, 1.807) is 6.07 Å². The Bertz CT molecular complexity index is 718. The zero-order chi connectivity index (χ0) is 16.3. The number of aryl methyl sites for hydroxylation is 1. The summed E-state index contributed by atoms with van der Waals surface area (Å²) < 4.78 is 52.0. The van der Waals surface area contributed by atoms with Crippen LogP contribution in [0.1, 0.15) is 12.0 Å².